The Morgan fingerprint density at radius 3 is 1.94 bits per heavy atom. The molecule has 0 fully saturated rings. The fourth-order valence-electron chi connectivity index (χ4n) is 6.30. The molecular weight excluding hydrogens is 1000 g/mol. The number of fused-ring (bicyclic) bond motifs is 1. The Hall–Kier alpha value is -6.65. The Bertz CT molecular complexity index is 2170. The number of carbonyl (C=O) groups excluding carboxylic acids is 6. The maximum absolute atomic E-state index is 13.8. The van der Waals surface area contributed by atoms with E-state index in [1.165, 1.54) is 22.8 Å². The number of aryl methyl sites for hydroxylation is 2. The van der Waals surface area contributed by atoms with Crippen molar-refractivity contribution in [3.63, 3.8) is 0 Å². The summed E-state index contributed by atoms with van der Waals surface area (Å²) in [7, 11) is 1.75. The first-order chi connectivity index (χ1) is 30.4. The summed E-state index contributed by atoms with van der Waals surface area (Å²) in [4.78, 5) is 87.0. The number of hydrogen-bond acceptors (Lipinski definition) is 9. The van der Waals surface area contributed by atoms with Gasteiger partial charge in [0, 0.05) is 69.3 Å². The number of imidazole rings is 1. The van der Waals surface area contributed by atoms with E-state index in [1.807, 2.05) is 60.8 Å². The summed E-state index contributed by atoms with van der Waals surface area (Å²) in [5, 5.41) is 23.3. The summed E-state index contributed by atoms with van der Waals surface area (Å²) < 4.78 is 0. The molecule has 19 heteroatoms. The third-order valence-corrected chi connectivity index (χ3v) is 9.49. The average Bonchev–Trinajstić information content (AvgIpc) is 3.94. The molecule has 350 valence electrons. The van der Waals surface area contributed by atoms with Gasteiger partial charge in [-0.1, -0.05) is 78.9 Å². The topological polar surface area (TPSA) is 295 Å². The quantitative estimate of drug-likeness (QED) is 0.0209. The fourth-order valence-corrected chi connectivity index (χ4v) is 6.30. The number of benzene rings is 3. The number of hydrogen-bond donors (Lipinski definition) is 11. The first-order valence-electron chi connectivity index (χ1n) is 20.6. The van der Waals surface area contributed by atoms with Gasteiger partial charge in [0.25, 0.3) is 0 Å². The first-order valence-corrected chi connectivity index (χ1v) is 20.6. The van der Waals surface area contributed by atoms with Gasteiger partial charge in [0.2, 0.25) is 35.4 Å². The van der Waals surface area contributed by atoms with E-state index < -0.39 is 54.2 Å². The van der Waals surface area contributed by atoms with Crippen molar-refractivity contribution in [2.45, 2.75) is 70.0 Å². The van der Waals surface area contributed by atoms with Crippen LogP contribution in [0.3, 0.4) is 0 Å². The third-order valence-electron chi connectivity index (χ3n) is 9.49. The number of rotatable bonds is 22. The van der Waals surface area contributed by atoms with Crippen molar-refractivity contribution >= 4 is 52.7 Å². The minimum atomic E-state index is -1.12. The van der Waals surface area contributed by atoms with E-state index >= 15 is 0 Å². The summed E-state index contributed by atoms with van der Waals surface area (Å²) in [6.45, 7) is 1.85. The Balaban J connectivity index is 0.00000120. The second kappa shape index (κ2) is 32.1. The van der Waals surface area contributed by atoms with E-state index in [0.717, 1.165) is 17.5 Å². The van der Waals surface area contributed by atoms with Crippen LogP contribution in [0, 0.1) is 19.8 Å². The molecule has 2 heterocycles. The van der Waals surface area contributed by atoms with Crippen molar-refractivity contribution < 1.29 is 49.8 Å². The molecule has 65 heavy (non-hydrogen) atoms. The van der Waals surface area contributed by atoms with E-state index in [-0.39, 0.29) is 66.6 Å². The molecule has 0 radical (unpaired) electrons. The van der Waals surface area contributed by atoms with Crippen LogP contribution in [0.1, 0.15) is 48.1 Å². The molecule has 0 saturated heterocycles. The summed E-state index contributed by atoms with van der Waals surface area (Å²) in [5.74, 6) is -3.51. The van der Waals surface area contributed by atoms with E-state index in [9.17, 15) is 28.8 Å². The number of primary amides is 1. The average molecular weight is 1060 g/mol. The van der Waals surface area contributed by atoms with Crippen LogP contribution >= 0.6 is 0 Å². The Morgan fingerprint density at radius 2 is 1.34 bits per heavy atom. The Labute approximate surface area is 394 Å². The molecular formula is C46H63N12O6W-. The van der Waals surface area contributed by atoms with Crippen molar-refractivity contribution in [1.29, 1.82) is 5.41 Å². The van der Waals surface area contributed by atoms with Crippen molar-refractivity contribution in [3.05, 3.63) is 133 Å². The zero-order chi connectivity index (χ0) is 45.8. The van der Waals surface area contributed by atoms with Crippen LogP contribution in [-0.4, -0.2) is 102 Å². The van der Waals surface area contributed by atoms with Crippen LogP contribution < -0.4 is 43.4 Å². The number of aromatic amines is 2. The van der Waals surface area contributed by atoms with Gasteiger partial charge in [0.05, 0.1) is 25.8 Å². The summed E-state index contributed by atoms with van der Waals surface area (Å²) in [6, 6.07) is 24.0. The van der Waals surface area contributed by atoms with Crippen LogP contribution in [-0.2, 0) is 69.1 Å². The monoisotopic (exact) mass is 1060 g/mol. The molecule has 18 nitrogen and oxygen atoms in total. The standard InChI is InChI=1S/C35H47N9O6.C9H9N.CH4N2.CH3.W/c1-37-17-9-15-27(33(48)40-22-32(47)39-21-30(36)45)43-34(49)28(18-25-12-6-3-7-13-25)44-35(50)29(19-26-20-38-23-41-26)42-31(46)16-8-14-24-10-4-2-5-11-24;1-7-6-10-9-5-3-2-4-8(7)9;2-1-3;;/h2-7,10-13,20,23,27-29,37H,8-9,14-19,21-22H2,1H3,(H2,36,45)(H,38,41)(H,39,47)(H,40,48)(H,42,46)(H,43,49)(H,44,50);2-6,10H,1H3;1H,(H3,2,3);1H3;/q;;;-1;. The van der Waals surface area contributed by atoms with Crippen molar-refractivity contribution in [1.82, 2.24) is 46.9 Å². The number of amides is 6. The van der Waals surface area contributed by atoms with Crippen LogP contribution in [0.5, 0.6) is 0 Å². The molecule has 13 N–H and O–H groups in total. The number of H-pyrrole nitrogens is 2. The van der Waals surface area contributed by atoms with Crippen molar-refractivity contribution in [2.24, 2.45) is 11.5 Å². The predicted molar refractivity (Wildman–Crippen MR) is 248 cm³/mol. The molecule has 3 unspecified atom stereocenters. The smallest absolute Gasteiger partial charge is 0.243 e. The largest absolute Gasteiger partial charge is 0.390 e. The normalized spacial score (nSPS) is 11.4. The fraction of sp³-hybridized carbons (Fsp3) is 0.326. The van der Waals surface area contributed by atoms with Gasteiger partial charge in [-0.15, -0.1) is 0 Å². The van der Waals surface area contributed by atoms with Gasteiger partial charge in [-0.3, -0.25) is 34.2 Å². The summed E-state index contributed by atoms with van der Waals surface area (Å²) >= 11 is 0. The Kier molecular flexibility index (Phi) is 27.8. The van der Waals surface area contributed by atoms with Crippen molar-refractivity contribution in [2.75, 3.05) is 26.7 Å². The minimum absolute atomic E-state index is 0. The molecule has 0 aliphatic rings. The maximum atomic E-state index is 13.8. The number of nitrogens with zero attached hydrogens (tertiary/aromatic N) is 1. The van der Waals surface area contributed by atoms with Crippen LogP contribution in [0.25, 0.3) is 10.9 Å². The summed E-state index contributed by atoms with van der Waals surface area (Å²) in [6.07, 6.45) is 8.23. The van der Waals surface area contributed by atoms with Crippen molar-refractivity contribution in [3.8, 4) is 0 Å². The first kappa shape index (κ1) is 56.4. The molecule has 3 atom stereocenters. The third kappa shape index (κ3) is 22.0. The molecule has 5 rings (SSSR count). The van der Waals surface area contributed by atoms with Gasteiger partial charge in [-0.05, 0) is 69.0 Å². The number of nitrogens with two attached hydrogens (primary N) is 2. The van der Waals surface area contributed by atoms with Gasteiger partial charge in [0.1, 0.15) is 18.1 Å². The van der Waals surface area contributed by atoms with Gasteiger partial charge in [0.15, 0.2) is 0 Å². The molecule has 6 amide bonds. The molecule has 5 aromatic rings. The van der Waals surface area contributed by atoms with Gasteiger partial charge < -0.3 is 60.8 Å². The van der Waals surface area contributed by atoms with Gasteiger partial charge in [-0.25, -0.2) is 4.98 Å². The molecule has 0 saturated carbocycles. The molecule has 0 aliphatic heterocycles. The second-order valence-corrected chi connectivity index (χ2v) is 14.4. The molecule has 3 aromatic carbocycles. The minimum Gasteiger partial charge on any atom is -0.390 e. The zero-order valence-electron chi connectivity index (χ0n) is 37.2. The number of nitrogens with one attached hydrogen (secondary N) is 9. The summed E-state index contributed by atoms with van der Waals surface area (Å²) in [5.41, 5.74) is 14.4. The predicted octanol–water partition coefficient (Wildman–Crippen LogP) is 1.87. The van der Waals surface area contributed by atoms with E-state index in [4.69, 9.17) is 11.1 Å². The van der Waals surface area contributed by atoms with Crippen LogP contribution in [0.4, 0.5) is 0 Å². The van der Waals surface area contributed by atoms with E-state index in [2.05, 4.69) is 77.7 Å². The van der Waals surface area contributed by atoms with Gasteiger partial charge in [-0.2, -0.15) is 0 Å². The maximum Gasteiger partial charge on any atom is 0.243 e. The second-order valence-electron chi connectivity index (χ2n) is 14.4. The number of carbonyl (C=O) groups is 6. The van der Waals surface area contributed by atoms with Gasteiger partial charge >= 0.3 is 0 Å². The Morgan fingerprint density at radius 1 is 0.738 bits per heavy atom. The molecule has 0 spiro atoms. The zero-order valence-corrected chi connectivity index (χ0v) is 40.1. The molecule has 2 aromatic heterocycles. The van der Waals surface area contributed by atoms with E-state index in [1.54, 1.807) is 25.4 Å². The number of para-hydroxylation sites is 1. The SMILES string of the molecule is CNCCCC(NC(=O)C(Cc1ccccc1)NC(=O)C(Cc1cnc[nH]1)NC(=O)CCCc1ccccc1)C(=O)NCC(=O)NCC(N)=O.Cc1c[nH]c2ccccc12.N=CN.[CH3-].[W]. The van der Waals surface area contributed by atoms with Crippen LogP contribution in [0.2, 0.25) is 0 Å². The van der Waals surface area contributed by atoms with E-state index in [0.29, 0.717) is 31.5 Å². The molecule has 0 aliphatic carbocycles. The number of aromatic nitrogens is 3. The van der Waals surface area contributed by atoms with Crippen LogP contribution in [0.15, 0.2) is 104 Å². The molecule has 0 bridgehead atoms.